The molecule has 0 aromatic heterocycles. The molecule has 10 heteroatoms. The predicted octanol–water partition coefficient (Wildman–Crippen LogP) is 1.82. The summed E-state index contributed by atoms with van der Waals surface area (Å²) >= 11 is 0. The second-order valence-corrected chi connectivity index (χ2v) is 7.36. The van der Waals surface area contributed by atoms with E-state index in [4.69, 9.17) is 4.74 Å². The Bertz CT molecular complexity index is 885. The number of anilines is 2. The van der Waals surface area contributed by atoms with Gasteiger partial charge in [-0.15, -0.1) is 6.58 Å². The van der Waals surface area contributed by atoms with Gasteiger partial charge in [-0.25, -0.2) is 13.6 Å². The first-order chi connectivity index (χ1) is 13.8. The largest absolute Gasteiger partial charge is 0.438 e. The smallest absolute Gasteiger partial charge is 0.415 e. The van der Waals surface area contributed by atoms with Gasteiger partial charge in [0.05, 0.1) is 31.4 Å². The molecule has 1 saturated carbocycles. The Morgan fingerprint density at radius 2 is 2.14 bits per heavy atom. The van der Waals surface area contributed by atoms with Gasteiger partial charge in [-0.3, -0.25) is 14.7 Å². The molecule has 2 amide bonds. The van der Waals surface area contributed by atoms with E-state index in [2.05, 4.69) is 17.0 Å². The second kappa shape index (κ2) is 7.02. The third kappa shape index (κ3) is 3.50. The minimum atomic E-state index is -0.831. The molecular weight excluding hydrogens is 384 g/mol. The molecule has 29 heavy (non-hydrogen) atoms. The summed E-state index contributed by atoms with van der Waals surface area (Å²) < 4.78 is 34.9. The molecule has 2 aliphatic heterocycles. The fourth-order valence-electron chi connectivity index (χ4n) is 3.71. The van der Waals surface area contributed by atoms with Gasteiger partial charge in [-0.1, -0.05) is 6.08 Å². The van der Waals surface area contributed by atoms with E-state index in [0.29, 0.717) is 26.1 Å². The number of halogens is 2. The summed E-state index contributed by atoms with van der Waals surface area (Å²) in [6, 6.07) is 1.93. The van der Waals surface area contributed by atoms with E-state index >= 15 is 0 Å². The van der Waals surface area contributed by atoms with Crippen LogP contribution in [-0.4, -0.2) is 61.2 Å². The average Bonchev–Trinajstić information content (AvgIpc) is 3.17. The molecule has 1 N–H and O–H groups in total. The van der Waals surface area contributed by atoms with Gasteiger partial charge >= 0.3 is 6.09 Å². The lowest BCUT2D eigenvalue weighted by Gasteiger charge is -2.30. The number of hydrogen-bond acceptors (Lipinski definition) is 6. The molecule has 1 aromatic carbocycles. The lowest BCUT2D eigenvalue weighted by molar-refractivity contribution is -0.119. The van der Waals surface area contributed by atoms with Crippen LogP contribution in [0.25, 0.3) is 0 Å². The summed E-state index contributed by atoms with van der Waals surface area (Å²) in [5, 5.41) is 8.58. The molecule has 154 valence electrons. The van der Waals surface area contributed by atoms with Crippen molar-refractivity contribution < 1.29 is 23.1 Å². The minimum Gasteiger partial charge on any atom is -0.438 e. The Labute approximate surface area is 166 Å². The number of carbonyl (C=O) groups is 2. The molecule has 0 bridgehead atoms. The average molecular weight is 405 g/mol. The van der Waals surface area contributed by atoms with Crippen LogP contribution in [-0.2, 0) is 9.53 Å². The van der Waals surface area contributed by atoms with Crippen LogP contribution in [0.3, 0.4) is 0 Å². The summed E-state index contributed by atoms with van der Waals surface area (Å²) in [4.78, 5) is 26.1. The number of amides is 2. The van der Waals surface area contributed by atoms with Crippen molar-refractivity contribution in [2.45, 2.75) is 25.0 Å². The zero-order valence-electron chi connectivity index (χ0n) is 15.9. The van der Waals surface area contributed by atoms with E-state index in [1.807, 2.05) is 0 Å². The van der Waals surface area contributed by atoms with Crippen LogP contribution in [0.2, 0.25) is 0 Å². The van der Waals surface area contributed by atoms with Crippen molar-refractivity contribution in [2.24, 2.45) is 5.10 Å². The van der Waals surface area contributed by atoms with E-state index in [1.54, 1.807) is 11.1 Å². The number of ether oxygens (including phenoxy) is 1. The van der Waals surface area contributed by atoms with E-state index in [0.717, 1.165) is 12.1 Å². The number of carbonyl (C=O) groups excluding carboxylic acids is 2. The van der Waals surface area contributed by atoms with Crippen LogP contribution in [0.5, 0.6) is 0 Å². The van der Waals surface area contributed by atoms with Crippen LogP contribution in [0, 0.1) is 11.6 Å². The van der Waals surface area contributed by atoms with Crippen molar-refractivity contribution in [1.82, 2.24) is 10.3 Å². The molecular formula is C19H21F2N5O3. The number of benzene rings is 1. The Kier molecular flexibility index (Phi) is 4.64. The van der Waals surface area contributed by atoms with Gasteiger partial charge < -0.3 is 15.0 Å². The van der Waals surface area contributed by atoms with Crippen LogP contribution < -0.4 is 15.1 Å². The summed E-state index contributed by atoms with van der Waals surface area (Å²) in [5.74, 6) is -1.82. The minimum absolute atomic E-state index is 0.0707. The number of nitrogens with one attached hydrogen (secondary N) is 1. The number of nitrogens with zero attached hydrogens (tertiary/aromatic N) is 4. The SMILES string of the molecule is C=CCN1CCN(c2c(F)cc(N3C[C@@]4(CC4NC(C)=O)OC3=O)cc2F)C=N1. The zero-order chi connectivity index (χ0) is 20.8. The summed E-state index contributed by atoms with van der Waals surface area (Å²) in [7, 11) is 0. The van der Waals surface area contributed by atoms with Crippen molar-refractivity contribution in [2.75, 3.05) is 36.0 Å². The van der Waals surface area contributed by atoms with Crippen molar-refractivity contribution >= 4 is 29.7 Å². The molecule has 1 spiro atoms. The Morgan fingerprint density at radius 1 is 1.41 bits per heavy atom. The predicted molar refractivity (Wildman–Crippen MR) is 103 cm³/mol. The third-order valence-corrected chi connectivity index (χ3v) is 5.23. The van der Waals surface area contributed by atoms with Crippen molar-refractivity contribution in [3.05, 3.63) is 36.4 Å². The first-order valence-electron chi connectivity index (χ1n) is 9.26. The normalized spacial score (nSPS) is 25.4. The number of hydrogen-bond donors (Lipinski definition) is 1. The Balaban J connectivity index is 1.52. The molecule has 4 rings (SSSR count). The highest BCUT2D eigenvalue weighted by Gasteiger charge is 2.64. The fraction of sp³-hybridized carbons (Fsp3) is 0.421. The molecule has 8 nitrogen and oxygen atoms in total. The molecule has 2 fully saturated rings. The topological polar surface area (TPSA) is 77.5 Å². The molecule has 3 aliphatic rings. The van der Waals surface area contributed by atoms with Crippen LogP contribution >= 0.6 is 0 Å². The molecule has 1 aliphatic carbocycles. The number of hydrazone groups is 1. The first kappa shape index (κ1) is 19.2. The first-order valence-corrected chi connectivity index (χ1v) is 9.26. The standard InChI is InChI=1S/C19H21F2N5O3/c1-3-4-25-6-5-24(11-22-25)17-14(20)7-13(8-15(17)21)26-10-19(29-18(26)28)9-16(19)23-12(2)27/h3,7-8,11,16H,1,4-6,9-10H2,2H3,(H,23,27)/t16?,19-/m1/s1. The second-order valence-electron chi connectivity index (χ2n) is 7.36. The van der Waals surface area contributed by atoms with Crippen LogP contribution in [0.15, 0.2) is 29.9 Å². The number of rotatable bonds is 5. The molecule has 1 saturated heterocycles. The molecule has 2 atom stereocenters. The van der Waals surface area contributed by atoms with Crippen molar-refractivity contribution in [3.8, 4) is 0 Å². The lowest BCUT2D eigenvalue weighted by Crippen LogP contribution is -2.38. The molecule has 0 radical (unpaired) electrons. The van der Waals surface area contributed by atoms with Crippen molar-refractivity contribution in [1.29, 1.82) is 0 Å². The molecule has 1 aromatic rings. The highest BCUT2D eigenvalue weighted by atomic mass is 19.1. The molecule has 2 heterocycles. The van der Waals surface area contributed by atoms with Gasteiger partial charge in [-0.05, 0) is 0 Å². The van der Waals surface area contributed by atoms with Crippen LogP contribution in [0.1, 0.15) is 13.3 Å². The molecule has 1 unspecified atom stereocenters. The van der Waals surface area contributed by atoms with Gasteiger partial charge in [0.15, 0.2) is 17.2 Å². The van der Waals surface area contributed by atoms with Gasteiger partial charge in [0.25, 0.3) is 0 Å². The van der Waals surface area contributed by atoms with Gasteiger partial charge in [0.1, 0.15) is 12.0 Å². The zero-order valence-corrected chi connectivity index (χ0v) is 15.9. The summed E-state index contributed by atoms with van der Waals surface area (Å²) in [6.07, 6.45) is 2.85. The van der Waals surface area contributed by atoms with Gasteiger partial charge in [0.2, 0.25) is 5.91 Å². The van der Waals surface area contributed by atoms with E-state index in [9.17, 15) is 18.4 Å². The Morgan fingerprint density at radius 3 is 2.72 bits per heavy atom. The summed E-state index contributed by atoms with van der Waals surface area (Å²) in [5.41, 5.74) is -0.982. The fourth-order valence-corrected chi connectivity index (χ4v) is 3.71. The lowest BCUT2D eigenvalue weighted by atomic mass is 10.2. The quantitative estimate of drug-likeness (QED) is 0.757. The van der Waals surface area contributed by atoms with Gasteiger partial charge in [-0.2, -0.15) is 5.10 Å². The van der Waals surface area contributed by atoms with E-state index < -0.39 is 23.3 Å². The monoisotopic (exact) mass is 405 g/mol. The van der Waals surface area contributed by atoms with Crippen molar-refractivity contribution in [3.63, 3.8) is 0 Å². The third-order valence-electron chi connectivity index (χ3n) is 5.23. The van der Waals surface area contributed by atoms with Gasteiger partial charge in [0, 0.05) is 32.0 Å². The highest BCUT2D eigenvalue weighted by Crippen LogP contribution is 2.46. The van der Waals surface area contributed by atoms with Crippen LogP contribution in [0.4, 0.5) is 25.0 Å². The van der Waals surface area contributed by atoms with E-state index in [-0.39, 0.29) is 29.9 Å². The maximum atomic E-state index is 14.8. The highest BCUT2D eigenvalue weighted by molar-refractivity contribution is 5.92. The Hall–Kier alpha value is -3.17. The van der Waals surface area contributed by atoms with E-state index in [1.165, 1.54) is 23.1 Å². The maximum Gasteiger partial charge on any atom is 0.415 e. The summed E-state index contributed by atoms with van der Waals surface area (Å²) in [6.45, 7) is 6.54. The maximum absolute atomic E-state index is 14.8.